The molecule has 22 heavy (non-hydrogen) atoms. The summed E-state index contributed by atoms with van der Waals surface area (Å²) in [6, 6.07) is 17.5. The number of amides is 1. The van der Waals surface area contributed by atoms with Crippen molar-refractivity contribution in [3.63, 3.8) is 0 Å². The number of hydrogen-bond acceptors (Lipinski definition) is 3. The van der Waals surface area contributed by atoms with Crippen LogP contribution in [0.1, 0.15) is 20.8 Å². The van der Waals surface area contributed by atoms with Crippen LogP contribution in [0.3, 0.4) is 0 Å². The van der Waals surface area contributed by atoms with E-state index in [1.165, 1.54) is 6.92 Å². The molecule has 0 radical (unpaired) electrons. The van der Waals surface area contributed by atoms with Gasteiger partial charge in [-0.15, -0.1) is 0 Å². The number of rotatable bonds is 6. The molecule has 116 valence electrons. The van der Waals surface area contributed by atoms with Crippen LogP contribution >= 0.6 is 0 Å². The Kier molecular flexibility index (Phi) is 5.42. The summed E-state index contributed by atoms with van der Waals surface area (Å²) in [5.41, 5.74) is 1.80. The summed E-state index contributed by atoms with van der Waals surface area (Å²) in [5, 5.41) is 2.81. The van der Waals surface area contributed by atoms with Gasteiger partial charge in [0, 0.05) is 24.8 Å². The van der Waals surface area contributed by atoms with E-state index in [0.717, 1.165) is 23.7 Å². The summed E-state index contributed by atoms with van der Waals surface area (Å²) in [7, 11) is 0. The predicted molar refractivity (Wildman–Crippen MR) is 90.3 cm³/mol. The third-order valence-electron chi connectivity index (χ3n) is 3.33. The first kappa shape index (κ1) is 15.9. The van der Waals surface area contributed by atoms with Crippen molar-refractivity contribution in [1.29, 1.82) is 0 Å². The van der Waals surface area contributed by atoms with E-state index in [1.807, 2.05) is 61.5 Å². The van der Waals surface area contributed by atoms with Crippen molar-refractivity contribution in [2.75, 3.05) is 16.8 Å². The Bertz CT molecular complexity index is 613. The van der Waals surface area contributed by atoms with Gasteiger partial charge in [-0.3, -0.25) is 4.79 Å². The predicted octanol–water partition coefficient (Wildman–Crippen LogP) is 3.90. The normalized spacial score (nSPS) is 11.6. The Morgan fingerprint density at radius 2 is 1.91 bits per heavy atom. The zero-order chi connectivity index (χ0) is 15.9. The van der Waals surface area contributed by atoms with E-state index >= 15 is 0 Å². The molecule has 0 saturated carbocycles. The molecule has 4 nitrogen and oxygen atoms in total. The molecule has 2 rings (SSSR count). The van der Waals surface area contributed by atoms with Crippen molar-refractivity contribution < 1.29 is 9.53 Å². The van der Waals surface area contributed by atoms with Crippen molar-refractivity contribution in [3.05, 3.63) is 54.6 Å². The number of benzene rings is 2. The first-order valence-corrected chi connectivity index (χ1v) is 7.46. The van der Waals surface area contributed by atoms with Crippen LogP contribution in [0.4, 0.5) is 11.4 Å². The van der Waals surface area contributed by atoms with Gasteiger partial charge in [-0.1, -0.05) is 24.3 Å². The quantitative estimate of drug-likeness (QED) is 0.822. The lowest BCUT2D eigenvalue weighted by Crippen LogP contribution is -2.37. The summed E-state index contributed by atoms with van der Waals surface area (Å²) in [5.74, 6) is 0.764. The van der Waals surface area contributed by atoms with Gasteiger partial charge in [-0.25, -0.2) is 0 Å². The molecule has 1 unspecified atom stereocenters. The van der Waals surface area contributed by atoms with Crippen LogP contribution < -0.4 is 15.0 Å². The lowest BCUT2D eigenvalue weighted by Gasteiger charge is -2.30. The molecule has 0 aliphatic carbocycles. The highest BCUT2D eigenvalue weighted by molar-refractivity contribution is 5.89. The van der Waals surface area contributed by atoms with Gasteiger partial charge < -0.3 is 15.0 Å². The fraction of sp³-hybridized carbons (Fsp3) is 0.278. The van der Waals surface area contributed by atoms with Crippen LogP contribution in [-0.2, 0) is 4.79 Å². The molecule has 1 atom stereocenters. The smallest absolute Gasteiger partial charge is 0.221 e. The number of carbonyl (C=O) groups is 1. The third kappa shape index (κ3) is 4.25. The summed E-state index contributed by atoms with van der Waals surface area (Å²) in [6.45, 7) is 6.40. The molecule has 0 spiro atoms. The van der Waals surface area contributed by atoms with Crippen molar-refractivity contribution in [2.45, 2.75) is 27.0 Å². The third-order valence-corrected chi connectivity index (χ3v) is 3.33. The zero-order valence-electron chi connectivity index (χ0n) is 13.2. The molecule has 1 amide bonds. The number of nitrogens with zero attached hydrogens (tertiary/aromatic N) is 1. The highest BCUT2D eigenvalue weighted by Gasteiger charge is 2.14. The molecular weight excluding hydrogens is 276 g/mol. The first-order valence-electron chi connectivity index (χ1n) is 7.46. The summed E-state index contributed by atoms with van der Waals surface area (Å²) >= 11 is 0. The van der Waals surface area contributed by atoms with Gasteiger partial charge in [0.05, 0.1) is 0 Å². The SMILES string of the molecule is CCN(c1cccc(NC(C)=O)c1)C(C)Oc1ccccc1. The minimum atomic E-state index is -0.111. The summed E-state index contributed by atoms with van der Waals surface area (Å²) in [4.78, 5) is 13.3. The lowest BCUT2D eigenvalue weighted by molar-refractivity contribution is -0.114. The fourth-order valence-corrected chi connectivity index (χ4v) is 2.37. The van der Waals surface area contributed by atoms with Crippen molar-refractivity contribution in [1.82, 2.24) is 0 Å². The number of anilines is 2. The second-order valence-corrected chi connectivity index (χ2v) is 5.05. The molecule has 0 fully saturated rings. The Morgan fingerprint density at radius 3 is 2.55 bits per heavy atom. The number of nitrogens with one attached hydrogen (secondary N) is 1. The second kappa shape index (κ2) is 7.50. The Labute approximate surface area is 131 Å². The standard InChI is InChI=1S/C18H22N2O2/c1-4-20(15(3)22-18-11-6-5-7-12-18)17-10-8-9-16(13-17)19-14(2)21/h5-13,15H,4H2,1-3H3,(H,19,21). The molecule has 0 aliphatic heterocycles. The van der Waals surface area contributed by atoms with E-state index < -0.39 is 0 Å². The van der Waals surface area contributed by atoms with E-state index in [9.17, 15) is 4.79 Å². The maximum atomic E-state index is 11.2. The molecule has 2 aromatic carbocycles. The van der Waals surface area contributed by atoms with Crippen LogP contribution in [0.2, 0.25) is 0 Å². The maximum Gasteiger partial charge on any atom is 0.221 e. The Morgan fingerprint density at radius 1 is 1.18 bits per heavy atom. The molecule has 0 saturated heterocycles. The van der Waals surface area contributed by atoms with Crippen molar-refractivity contribution >= 4 is 17.3 Å². The average Bonchev–Trinajstić information content (AvgIpc) is 2.48. The largest absolute Gasteiger partial charge is 0.471 e. The van der Waals surface area contributed by atoms with Crippen LogP contribution in [0, 0.1) is 0 Å². The van der Waals surface area contributed by atoms with Gasteiger partial charge in [0.15, 0.2) is 6.23 Å². The van der Waals surface area contributed by atoms with Gasteiger partial charge in [-0.2, -0.15) is 0 Å². The van der Waals surface area contributed by atoms with Gasteiger partial charge in [0.25, 0.3) is 0 Å². The fourth-order valence-electron chi connectivity index (χ4n) is 2.37. The first-order chi connectivity index (χ1) is 10.6. The van der Waals surface area contributed by atoms with E-state index in [-0.39, 0.29) is 12.1 Å². The molecule has 0 aromatic heterocycles. The van der Waals surface area contributed by atoms with Gasteiger partial charge in [0.2, 0.25) is 5.91 Å². The van der Waals surface area contributed by atoms with E-state index in [4.69, 9.17) is 4.74 Å². The van der Waals surface area contributed by atoms with Gasteiger partial charge >= 0.3 is 0 Å². The number of hydrogen-bond donors (Lipinski definition) is 1. The van der Waals surface area contributed by atoms with Crippen LogP contribution in [0.15, 0.2) is 54.6 Å². The number of carbonyl (C=O) groups excluding carboxylic acids is 1. The second-order valence-electron chi connectivity index (χ2n) is 5.05. The highest BCUT2D eigenvalue weighted by Crippen LogP contribution is 2.23. The Hall–Kier alpha value is -2.49. The molecule has 0 heterocycles. The van der Waals surface area contributed by atoms with Gasteiger partial charge in [0.1, 0.15) is 5.75 Å². The van der Waals surface area contributed by atoms with Crippen LogP contribution in [0.5, 0.6) is 5.75 Å². The van der Waals surface area contributed by atoms with Gasteiger partial charge in [-0.05, 0) is 44.2 Å². The molecular formula is C18H22N2O2. The molecule has 1 N–H and O–H groups in total. The maximum absolute atomic E-state index is 11.2. The molecule has 4 heteroatoms. The topological polar surface area (TPSA) is 41.6 Å². The average molecular weight is 298 g/mol. The Balaban J connectivity index is 2.15. The summed E-state index contributed by atoms with van der Waals surface area (Å²) < 4.78 is 5.98. The van der Waals surface area contributed by atoms with E-state index in [0.29, 0.717) is 0 Å². The van der Waals surface area contributed by atoms with E-state index in [2.05, 4.69) is 17.1 Å². The molecule has 0 bridgehead atoms. The molecule has 2 aromatic rings. The number of para-hydroxylation sites is 1. The van der Waals surface area contributed by atoms with Crippen molar-refractivity contribution in [2.24, 2.45) is 0 Å². The minimum Gasteiger partial charge on any atom is -0.471 e. The van der Waals surface area contributed by atoms with Crippen LogP contribution in [-0.4, -0.2) is 18.7 Å². The lowest BCUT2D eigenvalue weighted by atomic mass is 10.2. The van der Waals surface area contributed by atoms with E-state index in [1.54, 1.807) is 0 Å². The van der Waals surface area contributed by atoms with Crippen molar-refractivity contribution in [3.8, 4) is 5.75 Å². The molecule has 0 aliphatic rings. The zero-order valence-corrected chi connectivity index (χ0v) is 13.2. The minimum absolute atomic E-state index is 0.0752. The number of ether oxygens (including phenoxy) is 1. The highest BCUT2D eigenvalue weighted by atomic mass is 16.5. The monoisotopic (exact) mass is 298 g/mol. The summed E-state index contributed by atoms with van der Waals surface area (Å²) in [6.07, 6.45) is -0.111. The van der Waals surface area contributed by atoms with Crippen LogP contribution in [0.25, 0.3) is 0 Å².